The van der Waals surface area contributed by atoms with Crippen molar-refractivity contribution in [2.75, 3.05) is 7.05 Å². The molecule has 5 heteroatoms. The van der Waals surface area contributed by atoms with E-state index in [2.05, 4.69) is 18.9 Å². The normalized spacial score (nSPS) is 13.9. The Morgan fingerprint density at radius 2 is 2.22 bits per heavy atom. The Morgan fingerprint density at radius 3 is 2.72 bits per heavy atom. The molecular formula is C13H23N3O2. The molecule has 0 aliphatic rings. The standard InChI is InChI=1S/C13H23N3O2/c1-6-10(2)16-8-7-11(14-16)9-15(5)13(3,4)12(17)18/h7-8,10H,6,9H2,1-5H3,(H,17,18). The number of aliphatic carboxylic acids is 1. The number of hydrogen-bond donors (Lipinski definition) is 1. The molecule has 0 radical (unpaired) electrons. The highest BCUT2D eigenvalue weighted by Gasteiger charge is 2.32. The summed E-state index contributed by atoms with van der Waals surface area (Å²) in [5.41, 5.74) is 0.00675. The molecule has 18 heavy (non-hydrogen) atoms. The molecular weight excluding hydrogens is 230 g/mol. The third-order valence-corrected chi connectivity index (χ3v) is 3.58. The molecule has 1 heterocycles. The third-order valence-electron chi connectivity index (χ3n) is 3.58. The van der Waals surface area contributed by atoms with E-state index >= 15 is 0 Å². The molecule has 0 fully saturated rings. The monoisotopic (exact) mass is 253 g/mol. The number of aromatic nitrogens is 2. The smallest absolute Gasteiger partial charge is 0.323 e. The van der Waals surface area contributed by atoms with Crippen LogP contribution in [0.2, 0.25) is 0 Å². The summed E-state index contributed by atoms with van der Waals surface area (Å²) in [6.07, 6.45) is 2.97. The molecule has 1 atom stereocenters. The van der Waals surface area contributed by atoms with Gasteiger partial charge in [0.25, 0.3) is 0 Å². The van der Waals surface area contributed by atoms with Crippen LogP contribution < -0.4 is 0 Å². The predicted molar refractivity (Wildman–Crippen MR) is 70.4 cm³/mol. The van der Waals surface area contributed by atoms with Gasteiger partial charge in [0.15, 0.2) is 0 Å². The molecule has 1 rings (SSSR count). The van der Waals surface area contributed by atoms with Gasteiger partial charge in [-0.15, -0.1) is 0 Å². The first-order valence-corrected chi connectivity index (χ1v) is 6.27. The van der Waals surface area contributed by atoms with E-state index in [1.165, 1.54) is 0 Å². The van der Waals surface area contributed by atoms with Gasteiger partial charge in [0, 0.05) is 18.8 Å². The summed E-state index contributed by atoms with van der Waals surface area (Å²) in [5.74, 6) is -0.827. The number of likely N-dealkylation sites (N-methyl/N-ethyl adjacent to an activating group) is 1. The average Bonchev–Trinajstić information content (AvgIpc) is 2.76. The fourth-order valence-corrected chi connectivity index (χ4v) is 1.50. The number of hydrogen-bond acceptors (Lipinski definition) is 3. The van der Waals surface area contributed by atoms with E-state index in [0.29, 0.717) is 12.6 Å². The first-order chi connectivity index (χ1) is 8.28. The van der Waals surface area contributed by atoms with Gasteiger partial charge in [-0.25, -0.2) is 0 Å². The molecule has 102 valence electrons. The highest BCUT2D eigenvalue weighted by atomic mass is 16.4. The lowest BCUT2D eigenvalue weighted by Gasteiger charge is -2.30. The van der Waals surface area contributed by atoms with Crippen LogP contribution >= 0.6 is 0 Å². The van der Waals surface area contributed by atoms with Gasteiger partial charge in [0.2, 0.25) is 0 Å². The summed E-state index contributed by atoms with van der Waals surface area (Å²) >= 11 is 0. The Labute approximate surface area is 108 Å². The highest BCUT2D eigenvalue weighted by molar-refractivity contribution is 5.77. The van der Waals surface area contributed by atoms with Gasteiger partial charge < -0.3 is 5.11 Å². The number of carboxylic acid groups (broad SMARTS) is 1. The summed E-state index contributed by atoms with van der Waals surface area (Å²) in [6, 6.07) is 2.32. The largest absolute Gasteiger partial charge is 0.480 e. The van der Waals surface area contributed by atoms with E-state index in [-0.39, 0.29) is 0 Å². The van der Waals surface area contributed by atoms with Crippen LogP contribution in [0.5, 0.6) is 0 Å². The van der Waals surface area contributed by atoms with Crippen LogP contribution in [0.3, 0.4) is 0 Å². The Hall–Kier alpha value is -1.36. The van der Waals surface area contributed by atoms with E-state index in [9.17, 15) is 4.79 Å². The maximum atomic E-state index is 11.1. The van der Waals surface area contributed by atoms with Crippen molar-refractivity contribution in [3.05, 3.63) is 18.0 Å². The Morgan fingerprint density at radius 1 is 1.61 bits per heavy atom. The van der Waals surface area contributed by atoms with Crippen molar-refractivity contribution in [1.82, 2.24) is 14.7 Å². The molecule has 1 unspecified atom stereocenters. The summed E-state index contributed by atoms with van der Waals surface area (Å²) in [5, 5.41) is 13.6. The zero-order valence-electron chi connectivity index (χ0n) is 11.8. The fraction of sp³-hybridized carbons (Fsp3) is 0.692. The maximum absolute atomic E-state index is 11.1. The number of carbonyl (C=O) groups is 1. The lowest BCUT2D eigenvalue weighted by Crippen LogP contribution is -2.47. The quantitative estimate of drug-likeness (QED) is 0.844. The topological polar surface area (TPSA) is 58.4 Å². The molecule has 0 saturated heterocycles. The zero-order chi connectivity index (χ0) is 13.9. The predicted octanol–water partition coefficient (Wildman–Crippen LogP) is 2.15. The Bertz CT molecular complexity index is 412. The third kappa shape index (κ3) is 3.10. The van der Waals surface area contributed by atoms with E-state index < -0.39 is 11.5 Å². The van der Waals surface area contributed by atoms with Crippen LogP contribution in [0.1, 0.15) is 45.9 Å². The molecule has 0 aliphatic heterocycles. The molecule has 0 bridgehead atoms. The fourth-order valence-electron chi connectivity index (χ4n) is 1.50. The molecule has 1 aromatic rings. The van der Waals surface area contributed by atoms with Crippen molar-refractivity contribution in [3.63, 3.8) is 0 Å². The van der Waals surface area contributed by atoms with Gasteiger partial charge in [-0.3, -0.25) is 14.4 Å². The average molecular weight is 253 g/mol. The molecule has 0 amide bonds. The summed E-state index contributed by atoms with van der Waals surface area (Å²) < 4.78 is 1.93. The molecule has 0 saturated carbocycles. The van der Waals surface area contributed by atoms with Crippen LogP contribution in [-0.2, 0) is 11.3 Å². The molecule has 0 aromatic carbocycles. The first-order valence-electron chi connectivity index (χ1n) is 6.27. The van der Waals surface area contributed by atoms with Crippen molar-refractivity contribution in [2.45, 2.75) is 52.2 Å². The van der Waals surface area contributed by atoms with Gasteiger partial charge in [0.05, 0.1) is 5.69 Å². The van der Waals surface area contributed by atoms with Crippen molar-refractivity contribution in [1.29, 1.82) is 0 Å². The number of carboxylic acids is 1. The molecule has 5 nitrogen and oxygen atoms in total. The minimum Gasteiger partial charge on any atom is -0.480 e. The van der Waals surface area contributed by atoms with Crippen LogP contribution in [0, 0.1) is 0 Å². The van der Waals surface area contributed by atoms with Gasteiger partial charge in [-0.2, -0.15) is 5.10 Å². The summed E-state index contributed by atoms with van der Waals surface area (Å²) in [4.78, 5) is 12.9. The van der Waals surface area contributed by atoms with Crippen LogP contribution in [0.4, 0.5) is 0 Å². The van der Waals surface area contributed by atoms with E-state index in [1.54, 1.807) is 25.8 Å². The van der Waals surface area contributed by atoms with Crippen molar-refractivity contribution >= 4 is 5.97 Å². The van der Waals surface area contributed by atoms with E-state index in [4.69, 9.17) is 5.11 Å². The van der Waals surface area contributed by atoms with Crippen molar-refractivity contribution in [3.8, 4) is 0 Å². The lowest BCUT2D eigenvalue weighted by atomic mass is 10.0. The number of nitrogens with zero attached hydrogens (tertiary/aromatic N) is 3. The van der Waals surface area contributed by atoms with E-state index in [0.717, 1.165) is 12.1 Å². The number of rotatable bonds is 6. The minimum absolute atomic E-state index is 0.372. The van der Waals surface area contributed by atoms with E-state index in [1.807, 2.05) is 16.9 Å². The molecule has 0 spiro atoms. The van der Waals surface area contributed by atoms with Gasteiger partial charge in [-0.05, 0) is 40.3 Å². The lowest BCUT2D eigenvalue weighted by molar-refractivity contribution is -0.148. The summed E-state index contributed by atoms with van der Waals surface area (Å²) in [6.45, 7) is 8.15. The van der Waals surface area contributed by atoms with Gasteiger partial charge in [0.1, 0.15) is 5.54 Å². The van der Waals surface area contributed by atoms with Crippen LogP contribution in [0.25, 0.3) is 0 Å². The first kappa shape index (κ1) is 14.7. The SMILES string of the molecule is CCC(C)n1ccc(CN(C)C(C)(C)C(=O)O)n1. The summed E-state index contributed by atoms with van der Waals surface area (Å²) in [7, 11) is 1.80. The molecule has 1 N–H and O–H groups in total. The molecule has 0 aliphatic carbocycles. The maximum Gasteiger partial charge on any atom is 0.323 e. The Balaban J connectivity index is 2.74. The second kappa shape index (κ2) is 5.52. The van der Waals surface area contributed by atoms with Crippen LogP contribution in [0.15, 0.2) is 12.3 Å². The highest BCUT2D eigenvalue weighted by Crippen LogP contribution is 2.16. The van der Waals surface area contributed by atoms with Crippen molar-refractivity contribution < 1.29 is 9.90 Å². The van der Waals surface area contributed by atoms with Gasteiger partial charge >= 0.3 is 5.97 Å². The second-order valence-corrected chi connectivity index (χ2v) is 5.26. The van der Waals surface area contributed by atoms with Crippen LogP contribution in [-0.4, -0.2) is 38.3 Å². The van der Waals surface area contributed by atoms with Gasteiger partial charge in [-0.1, -0.05) is 6.92 Å². The second-order valence-electron chi connectivity index (χ2n) is 5.26. The Kier molecular flexibility index (Phi) is 4.51. The molecule has 1 aromatic heterocycles. The van der Waals surface area contributed by atoms with Crippen molar-refractivity contribution in [2.24, 2.45) is 0 Å². The minimum atomic E-state index is -0.889. The zero-order valence-corrected chi connectivity index (χ0v) is 11.8.